The third-order valence-electron chi connectivity index (χ3n) is 2.97. The Labute approximate surface area is 121 Å². The molecule has 2 N–H and O–H groups in total. The van der Waals surface area contributed by atoms with Crippen molar-refractivity contribution in [2.45, 2.75) is 6.54 Å². The predicted octanol–water partition coefficient (Wildman–Crippen LogP) is 3.53. The SMILES string of the molecule is NCc1ccc(Oc2ccc(Cl)nc2)c2ncccc12. The lowest BCUT2D eigenvalue weighted by Crippen LogP contribution is -1.98. The zero-order valence-corrected chi connectivity index (χ0v) is 11.3. The van der Waals surface area contributed by atoms with Gasteiger partial charge in [-0.15, -0.1) is 0 Å². The van der Waals surface area contributed by atoms with Crippen molar-refractivity contribution >= 4 is 22.5 Å². The summed E-state index contributed by atoms with van der Waals surface area (Å²) in [6, 6.07) is 11.1. The molecule has 100 valence electrons. The first-order chi connectivity index (χ1) is 9.78. The van der Waals surface area contributed by atoms with Crippen molar-refractivity contribution < 1.29 is 4.74 Å². The molecule has 0 saturated carbocycles. The fourth-order valence-electron chi connectivity index (χ4n) is 2.02. The minimum absolute atomic E-state index is 0.429. The smallest absolute Gasteiger partial charge is 0.153 e. The normalized spacial score (nSPS) is 10.7. The highest BCUT2D eigenvalue weighted by molar-refractivity contribution is 6.29. The van der Waals surface area contributed by atoms with Crippen LogP contribution in [0.5, 0.6) is 11.5 Å². The minimum Gasteiger partial charge on any atom is -0.453 e. The summed E-state index contributed by atoms with van der Waals surface area (Å²) >= 11 is 5.76. The highest BCUT2D eigenvalue weighted by Crippen LogP contribution is 2.30. The minimum atomic E-state index is 0.429. The molecule has 4 nitrogen and oxygen atoms in total. The molecule has 0 aliphatic heterocycles. The molecule has 0 bridgehead atoms. The van der Waals surface area contributed by atoms with Gasteiger partial charge in [0.2, 0.25) is 0 Å². The number of nitrogens with two attached hydrogens (primary N) is 1. The number of aromatic nitrogens is 2. The van der Waals surface area contributed by atoms with Crippen molar-refractivity contribution in [2.75, 3.05) is 0 Å². The maximum atomic E-state index is 5.82. The Morgan fingerprint density at radius 2 is 2.00 bits per heavy atom. The Morgan fingerprint density at radius 1 is 1.10 bits per heavy atom. The molecule has 3 rings (SSSR count). The van der Waals surface area contributed by atoms with E-state index < -0.39 is 0 Å². The highest BCUT2D eigenvalue weighted by atomic mass is 35.5. The molecule has 2 aromatic heterocycles. The van der Waals surface area contributed by atoms with Gasteiger partial charge in [0.15, 0.2) is 5.75 Å². The number of ether oxygens (including phenoxy) is 1. The van der Waals surface area contributed by atoms with Crippen molar-refractivity contribution in [3.05, 3.63) is 59.5 Å². The van der Waals surface area contributed by atoms with Crippen LogP contribution in [-0.2, 0) is 6.54 Å². The van der Waals surface area contributed by atoms with Crippen LogP contribution in [0.1, 0.15) is 5.56 Å². The lowest BCUT2D eigenvalue weighted by atomic mass is 10.1. The van der Waals surface area contributed by atoms with Crippen LogP contribution < -0.4 is 10.5 Å². The molecule has 1 aromatic carbocycles. The van der Waals surface area contributed by atoms with Crippen LogP contribution in [0.4, 0.5) is 0 Å². The standard InChI is InChI=1S/C15H12ClN3O/c16-14-6-4-11(9-19-14)20-13-5-3-10(8-17)12-2-1-7-18-15(12)13/h1-7,9H,8,17H2. The molecular weight excluding hydrogens is 274 g/mol. The topological polar surface area (TPSA) is 61.0 Å². The van der Waals surface area contributed by atoms with Gasteiger partial charge >= 0.3 is 0 Å². The summed E-state index contributed by atoms with van der Waals surface area (Å²) in [7, 11) is 0. The molecular formula is C15H12ClN3O. The van der Waals surface area contributed by atoms with Crippen LogP contribution in [0.3, 0.4) is 0 Å². The predicted molar refractivity (Wildman–Crippen MR) is 79.0 cm³/mol. The van der Waals surface area contributed by atoms with Crippen LogP contribution in [0, 0.1) is 0 Å². The van der Waals surface area contributed by atoms with Crippen LogP contribution in [0.15, 0.2) is 48.8 Å². The van der Waals surface area contributed by atoms with E-state index in [4.69, 9.17) is 22.1 Å². The van der Waals surface area contributed by atoms with Crippen molar-refractivity contribution in [1.82, 2.24) is 9.97 Å². The second-order valence-electron chi connectivity index (χ2n) is 4.25. The maximum Gasteiger partial charge on any atom is 0.153 e. The second kappa shape index (κ2) is 5.45. The molecule has 0 aliphatic rings. The van der Waals surface area contributed by atoms with Crippen molar-refractivity contribution in [1.29, 1.82) is 0 Å². The molecule has 5 heteroatoms. The van der Waals surface area contributed by atoms with Gasteiger partial charge in [0, 0.05) is 18.1 Å². The zero-order chi connectivity index (χ0) is 13.9. The van der Waals surface area contributed by atoms with E-state index in [9.17, 15) is 0 Å². The number of hydrogen-bond acceptors (Lipinski definition) is 4. The van der Waals surface area contributed by atoms with E-state index in [-0.39, 0.29) is 0 Å². The monoisotopic (exact) mass is 285 g/mol. The first kappa shape index (κ1) is 12.8. The van der Waals surface area contributed by atoms with E-state index in [1.807, 2.05) is 24.3 Å². The Morgan fingerprint density at radius 3 is 2.75 bits per heavy atom. The van der Waals surface area contributed by atoms with E-state index in [2.05, 4.69) is 9.97 Å². The first-order valence-corrected chi connectivity index (χ1v) is 6.52. The molecule has 3 aromatic rings. The lowest BCUT2D eigenvalue weighted by Gasteiger charge is -2.10. The lowest BCUT2D eigenvalue weighted by molar-refractivity contribution is 0.484. The average molecular weight is 286 g/mol. The summed E-state index contributed by atoms with van der Waals surface area (Å²) in [5.74, 6) is 1.28. The summed E-state index contributed by atoms with van der Waals surface area (Å²) in [6.45, 7) is 0.463. The molecule has 0 aliphatic carbocycles. The summed E-state index contributed by atoms with van der Waals surface area (Å²) in [5.41, 5.74) is 7.56. The fourth-order valence-corrected chi connectivity index (χ4v) is 2.13. The number of halogens is 1. The molecule has 0 radical (unpaired) electrons. The number of fused-ring (bicyclic) bond motifs is 1. The van der Waals surface area contributed by atoms with Gasteiger partial charge in [-0.2, -0.15) is 0 Å². The fraction of sp³-hybridized carbons (Fsp3) is 0.0667. The van der Waals surface area contributed by atoms with E-state index >= 15 is 0 Å². The van der Waals surface area contributed by atoms with Crippen LogP contribution in [0.2, 0.25) is 5.15 Å². The molecule has 0 atom stereocenters. The van der Waals surface area contributed by atoms with E-state index in [0.717, 1.165) is 16.5 Å². The van der Waals surface area contributed by atoms with Gasteiger partial charge in [-0.1, -0.05) is 23.7 Å². The van der Waals surface area contributed by atoms with Crippen molar-refractivity contribution in [2.24, 2.45) is 5.73 Å². The quantitative estimate of drug-likeness (QED) is 0.748. The number of nitrogens with zero attached hydrogens (tertiary/aromatic N) is 2. The van der Waals surface area contributed by atoms with Gasteiger partial charge in [0.25, 0.3) is 0 Å². The van der Waals surface area contributed by atoms with Gasteiger partial charge in [-0.3, -0.25) is 4.98 Å². The van der Waals surface area contributed by atoms with Crippen LogP contribution >= 0.6 is 11.6 Å². The van der Waals surface area contributed by atoms with E-state index in [0.29, 0.717) is 23.2 Å². The maximum absolute atomic E-state index is 5.82. The number of benzene rings is 1. The van der Waals surface area contributed by atoms with Crippen molar-refractivity contribution in [3.8, 4) is 11.5 Å². The Hall–Kier alpha value is -2.17. The highest BCUT2D eigenvalue weighted by Gasteiger charge is 2.08. The third-order valence-corrected chi connectivity index (χ3v) is 3.19. The summed E-state index contributed by atoms with van der Waals surface area (Å²) < 4.78 is 5.82. The molecule has 2 heterocycles. The number of pyridine rings is 2. The van der Waals surface area contributed by atoms with Gasteiger partial charge in [-0.25, -0.2) is 4.98 Å². The third kappa shape index (κ3) is 2.43. The van der Waals surface area contributed by atoms with Gasteiger partial charge in [-0.05, 0) is 29.8 Å². The Kier molecular flexibility index (Phi) is 3.50. The molecule has 0 amide bonds. The van der Waals surface area contributed by atoms with Crippen LogP contribution in [0.25, 0.3) is 10.9 Å². The largest absolute Gasteiger partial charge is 0.453 e. The van der Waals surface area contributed by atoms with Gasteiger partial charge < -0.3 is 10.5 Å². The molecule has 0 unspecified atom stereocenters. The summed E-state index contributed by atoms with van der Waals surface area (Å²) in [5, 5.41) is 1.42. The average Bonchev–Trinajstić information content (AvgIpc) is 2.50. The van der Waals surface area contributed by atoms with Crippen LogP contribution in [-0.4, -0.2) is 9.97 Å². The van der Waals surface area contributed by atoms with E-state index in [1.165, 1.54) is 0 Å². The number of hydrogen-bond donors (Lipinski definition) is 1. The number of rotatable bonds is 3. The first-order valence-electron chi connectivity index (χ1n) is 6.14. The second-order valence-corrected chi connectivity index (χ2v) is 4.63. The molecule has 0 fully saturated rings. The Balaban J connectivity index is 2.06. The summed E-state index contributed by atoms with van der Waals surface area (Å²) in [4.78, 5) is 8.37. The van der Waals surface area contributed by atoms with Gasteiger partial charge in [0.1, 0.15) is 16.4 Å². The molecule has 20 heavy (non-hydrogen) atoms. The molecule has 0 spiro atoms. The van der Waals surface area contributed by atoms with Gasteiger partial charge in [0.05, 0.1) is 6.20 Å². The van der Waals surface area contributed by atoms with Crippen molar-refractivity contribution in [3.63, 3.8) is 0 Å². The zero-order valence-electron chi connectivity index (χ0n) is 10.6. The van der Waals surface area contributed by atoms with E-state index in [1.54, 1.807) is 24.5 Å². The summed E-state index contributed by atoms with van der Waals surface area (Å²) in [6.07, 6.45) is 3.31. The molecule has 0 saturated heterocycles. The Bertz CT molecular complexity index is 744.